The van der Waals surface area contributed by atoms with Crippen LogP contribution in [0.2, 0.25) is 0 Å². The number of nitrogens with zero attached hydrogens (tertiary/aromatic N) is 1. The summed E-state index contributed by atoms with van der Waals surface area (Å²) in [6.07, 6.45) is 3.45. The molecule has 0 N–H and O–H groups in total. The van der Waals surface area contributed by atoms with Crippen molar-refractivity contribution in [2.24, 2.45) is 0 Å². The number of rotatable bonds is 4. The Bertz CT molecular complexity index is 49.7. The van der Waals surface area contributed by atoms with E-state index in [4.69, 9.17) is 0 Å². The molecule has 0 aromatic heterocycles. The number of halogens is 1. The minimum absolute atomic E-state index is 1.21. The molecule has 0 aliphatic rings. The van der Waals surface area contributed by atoms with Gasteiger partial charge < -0.3 is 0 Å². The maximum absolute atomic E-state index is 2.31. The molecule has 0 radical (unpaired) electrons. The van der Waals surface area contributed by atoms with Gasteiger partial charge in [0.15, 0.2) is 0 Å². The Morgan fingerprint density at radius 1 is 1.62 bits per heavy atom. The first-order chi connectivity index (χ1) is 3.77. The van der Waals surface area contributed by atoms with Crippen LogP contribution in [0.25, 0.3) is 0 Å². The van der Waals surface area contributed by atoms with Crippen molar-refractivity contribution in [3.8, 4) is 0 Å². The van der Waals surface area contributed by atoms with Crippen LogP contribution in [0, 0.1) is 0 Å². The highest BCUT2D eigenvalue weighted by Crippen LogP contribution is 1.99. The fourth-order valence-corrected chi connectivity index (χ4v) is 1.19. The molecule has 0 fully saturated rings. The summed E-state index contributed by atoms with van der Waals surface area (Å²) in [4.78, 5) is 0. The summed E-state index contributed by atoms with van der Waals surface area (Å²) >= 11 is 4.22. The van der Waals surface area contributed by atoms with Gasteiger partial charge in [-0.25, -0.2) is 0 Å². The zero-order valence-electron chi connectivity index (χ0n) is 5.35. The maximum atomic E-state index is 2.31. The normalized spacial score (nSPS) is 10.5. The van der Waals surface area contributed by atoms with Gasteiger partial charge in [0.1, 0.15) is 0 Å². The second kappa shape index (κ2) is 6.16. The molecule has 0 amide bonds. The van der Waals surface area contributed by atoms with E-state index in [-0.39, 0.29) is 0 Å². The molecule has 0 aliphatic heterocycles. The summed E-state index contributed by atoms with van der Waals surface area (Å²) in [6, 6.07) is 0. The molecule has 0 bridgehead atoms. The van der Waals surface area contributed by atoms with Gasteiger partial charge in [0, 0.05) is 29.4 Å². The number of hydrogen-bond donors (Lipinski definition) is 0. The summed E-state index contributed by atoms with van der Waals surface area (Å²) in [6.45, 7) is 1.21. The first kappa shape index (κ1) is 9.04. The van der Waals surface area contributed by atoms with E-state index in [1.807, 2.05) is 11.8 Å². The molecule has 0 atom stereocenters. The van der Waals surface area contributed by atoms with Crippen molar-refractivity contribution in [3.63, 3.8) is 0 Å². The van der Waals surface area contributed by atoms with Gasteiger partial charge in [-0.1, -0.05) is 0 Å². The van der Waals surface area contributed by atoms with Crippen LogP contribution in [0.1, 0.15) is 6.42 Å². The quantitative estimate of drug-likeness (QED) is 0.423. The lowest BCUT2D eigenvalue weighted by Gasteiger charge is -2.04. The third-order valence-electron chi connectivity index (χ3n) is 0.815. The Balaban J connectivity index is 2.72. The van der Waals surface area contributed by atoms with Crippen LogP contribution in [0.15, 0.2) is 0 Å². The molecule has 0 saturated carbocycles. The van der Waals surface area contributed by atoms with Crippen molar-refractivity contribution in [2.75, 3.05) is 25.6 Å². The van der Waals surface area contributed by atoms with Crippen LogP contribution in [0.3, 0.4) is 0 Å². The summed E-state index contributed by atoms with van der Waals surface area (Å²) < 4.78 is 2.19. The van der Waals surface area contributed by atoms with Crippen molar-refractivity contribution >= 4 is 34.6 Å². The van der Waals surface area contributed by atoms with Gasteiger partial charge in [0.05, 0.1) is 0 Å². The topological polar surface area (TPSA) is 3.24 Å². The van der Waals surface area contributed by atoms with E-state index < -0.39 is 0 Å². The minimum atomic E-state index is 1.21. The predicted molar refractivity (Wildman–Crippen MR) is 49.6 cm³/mol. The van der Waals surface area contributed by atoms with Gasteiger partial charge in [0.25, 0.3) is 0 Å². The van der Waals surface area contributed by atoms with E-state index in [0.29, 0.717) is 0 Å². The van der Waals surface area contributed by atoms with Crippen LogP contribution in [-0.2, 0) is 0 Å². The minimum Gasteiger partial charge on any atom is -0.251 e. The standard InChI is InChI=1S/C5H12INS/c1-7(6)4-3-5-8-2/h3-5H2,1-2H3. The van der Waals surface area contributed by atoms with Gasteiger partial charge in [-0.2, -0.15) is 11.8 Å². The molecular formula is C5H12INS. The Morgan fingerprint density at radius 2 is 2.25 bits per heavy atom. The summed E-state index contributed by atoms with van der Waals surface area (Å²) in [5, 5.41) is 0. The molecule has 0 rings (SSSR count). The van der Waals surface area contributed by atoms with E-state index >= 15 is 0 Å². The van der Waals surface area contributed by atoms with Crippen LogP contribution in [-0.4, -0.2) is 28.7 Å². The van der Waals surface area contributed by atoms with Crippen molar-refractivity contribution in [1.82, 2.24) is 3.11 Å². The van der Waals surface area contributed by atoms with Crippen molar-refractivity contribution in [1.29, 1.82) is 0 Å². The van der Waals surface area contributed by atoms with E-state index in [2.05, 4.69) is 39.3 Å². The van der Waals surface area contributed by atoms with E-state index in [1.165, 1.54) is 18.7 Å². The molecule has 0 aromatic rings. The van der Waals surface area contributed by atoms with Gasteiger partial charge in [-0.15, -0.1) is 0 Å². The summed E-state index contributed by atoms with van der Waals surface area (Å²) in [7, 11) is 2.10. The van der Waals surface area contributed by atoms with Crippen molar-refractivity contribution < 1.29 is 0 Å². The molecule has 0 unspecified atom stereocenters. The fraction of sp³-hybridized carbons (Fsp3) is 1.00. The van der Waals surface area contributed by atoms with Gasteiger partial charge >= 0.3 is 0 Å². The second-order valence-corrected chi connectivity index (χ2v) is 4.31. The average Bonchev–Trinajstić information content (AvgIpc) is 1.66. The highest BCUT2D eigenvalue weighted by atomic mass is 127. The predicted octanol–water partition coefficient (Wildman–Crippen LogP) is 2.02. The summed E-state index contributed by atoms with van der Waals surface area (Å²) in [5.74, 6) is 1.29. The largest absolute Gasteiger partial charge is 0.251 e. The van der Waals surface area contributed by atoms with Crippen LogP contribution in [0.5, 0.6) is 0 Å². The Hall–Kier alpha value is 1.04. The highest BCUT2D eigenvalue weighted by Gasteiger charge is 1.88. The Kier molecular flexibility index (Phi) is 6.97. The molecular weight excluding hydrogens is 233 g/mol. The van der Waals surface area contributed by atoms with Crippen LogP contribution in [0.4, 0.5) is 0 Å². The fourth-order valence-electron chi connectivity index (χ4n) is 0.427. The first-order valence-corrected chi connectivity index (χ1v) is 4.99. The van der Waals surface area contributed by atoms with E-state index in [0.717, 1.165) is 0 Å². The molecule has 8 heavy (non-hydrogen) atoms. The molecule has 1 nitrogen and oxygen atoms in total. The SMILES string of the molecule is CSCCCN(C)I. The van der Waals surface area contributed by atoms with Gasteiger partial charge in [-0.3, -0.25) is 3.11 Å². The zero-order chi connectivity index (χ0) is 6.41. The maximum Gasteiger partial charge on any atom is 0.0198 e. The third kappa shape index (κ3) is 7.04. The second-order valence-electron chi connectivity index (χ2n) is 1.67. The van der Waals surface area contributed by atoms with Crippen molar-refractivity contribution in [2.45, 2.75) is 6.42 Å². The lowest BCUT2D eigenvalue weighted by molar-refractivity contribution is 0.604. The molecule has 50 valence electrons. The van der Waals surface area contributed by atoms with E-state index in [9.17, 15) is 0 Å². The zero-order valence-corrected chi connectivity index (χ0v) is 8.33. The lowest BCUT2D eigenvalue weighted by Crippen LogP contribution is -2.05. The highest BCUT2D eigenvalue weighted by molar-refractivity contribution is 14.1. The Labute approximate surface area is 69.7 Å². The smallest absolute Gasteiger partial charge is 0.0198 e. The average molecular weight is 245 g/mol. The van der Waals surface area contributed by atoms with Gasteiger partial charge in [-0.05, 0) is 25.5 Å². The Morgan fingerprint density at radius 3 is 2.62 bits per heavy atom. The monoisotopic (exact) mass is 245 g/mol. The number of thioether (sulfide) groups is 1. The summed E-state index contributed by atoms with van der Waals surface area (Å²) in [5.41, 5.74) is 0. The molecule has 0 aromatic carbocycles. The molecule has 0 heterocycles. The van der Waals surface area contributed by atoms with Gasteiger partial charge in [0.2, 0.25) is 0 Å². The van der Waals surface area contributed by atoms with Crippen LogP contribution >= 0.6 is 34.6 Å². The first-order valence-electron chi connectivity index (χ1n) is 2.63. The van der Waals surface area contributed by atoms with Crippen LogP contribution < -0.4 is 0 Å². The molecule has 0 spiro atoms. The van der Waals surface area contributed by atoms with Crippen molar-refractivity contribution in [3.05, 3.63) is 0 Å². The molecule has 3 heteroatoms. The lowest BCUT2D eigenvalue weighted by atomic mass is 10.5. The third-order valence-corrected chi connectivity index (χ3v) is 1.99. The molecule has 0 saturated heterocycles. The number of hydrogen-bond acceptors (Lipinski definition) is 2. The molecule has 0 aliphatic carbocycles. The van der Waals surface area contributed by atoms with E-state index in [1.54, 1.807) is 0 Å².